The summed E-state index contributed by atoms with van der Waals surface area (Å²) in [6, 6.07) is 20.7. The molecular weight excluding hydrogens is 634 g/mol. The van der Waals surface area contributed by atoms with Gasteiger partial charge < -0.3 is 20.0 Å². The van der Waals surface area contributed by atoms with Crippen LogP contribution < -0.4 is 31.0 Å². The Kier molecular flexibility index (Phi) is 10.7. The first-order chi connectivity index (χ1) is 22.4. The molecule has 0 saturated carbocycles. The second kappa shape index (κ2) is 14.8. The van der Waals surface area contributed by atoms with Crippen molar-refractivity contribution >= 4 is 50.1 Å². The van der Waals surface area contributed by atoms with E-state index < -0.39 is 27.0 Å². The fourth-order valence-corrected chi connectivity index (χ4v) is 5.17. The minimum absolute atomic E-state index is 0.111. The number of hydrogen-bond donors (Lipinski definition) is 4. The number of anilines is 2. The van der Waals surface area contributed by atoms with Crippen molar-refractivity contribution in [1.29, 1.82) is 0 Å². The van der Waals surface area contributed by atoms with Crippen LogP contribution in [-0.2, 0) is 14.8 Å². The van der Waals surface area contributed by atoms with Gasteiger partial charge in [-0.3, -0.25) is 14.8 Å². The smallest absolute Gasteiger partial charge is 0.440 e. The molecule has 1 heterocycles. The molecule has 4 aromatic carbocycles. The molecule has 0 fully saturated rings. The van der Waals surface area contributed by atoms with Gasteiger partial charge in [0.15, 0.2) is 0 Å². The Balaban J connectivity index is 0.000000218. The molecule has 5 aromatic rings. The van der Waals surface area contributed by atoms with Gasteiger partial charge in [0.1, 0.15) is 11.5 Å². The Morgan fingerprint density at radius 1 is 0.979 bits per heavy atom. The van der Waals surface area contributed by atoms with Gasteiger partial charge >= 0.3 is 12.1 Å². The Morgan fingerprint density at radius 2 is 1.66 bits per heavy atom. The van der Waals surface area contributed by atoms with Gasteiger partial charge in [-0.15, -0.1) is 0 Å². The summed E-state index contributed by atoms with van der Waals surface area (Å²) >= 11 is 0. The number of hydrazine groups is 1. The topological polar surface area (TPSA) is 219 Å². The number of aromatic nitrogens is 2. The van der Waals surface area contributed by atoms with Crippen LogP contribution in [0.3, 0.4) is 0 Å². The highest BCUT2D eigenvalue weighted by Crippen LogP contribution is 2.23. The fourth-order valence-electron chi connectivity index (χ4n) is 4.06. The molecule has 16 nitrogen and oxygen atoms in total. The first-order valence-corrected chi connectivity index (χ1v) is 15.0. The average Bonchev–Trinajstić information content (AvgIpc) is 3.49. The molecule has 17 heteroatoms. The maximum atomic E-state index is 12.4. The molecule has 0 bridgehead atoms. The second-order valence-electron chi connectivity index (χ2n) is 9.55. The van der Waals surface area contributed by atoms with Crippen molar-refractivity contribution in [3.05, 3.63) is 112 Å². The van der Waals surface area contributed by atoms with Gasteiger partial charge in [-0.1, -0.05) is 11.7 Å². The van der Waals surface area contributed by atoms with E-state index in [1.807, 2.05) is 0 Å². The third-order valence-corrected chi connectivity index (χ3v) is 7.67. The molecule has 0 aliphatic carbocycles. The number of sulfonamides is 1. The number of ether oxygens (including phenoxy) is 2. The number of aryl methyl sites for hydroxylation is 1. The number of esters is 1. The molecule has 47 heavy (non-hydrogen) atoms. The summed E-state index contributed by atoms with van der Waals surface area (Å²) in [5, 5.41) is 15.3. The fraction of sp³-hybridized carbons (Fsp3) is 0.100. The number of nitro benzene ring substituents is 1. The van der Waals surface area contributed by atoms with E-state index in [0.717, 1.165) is 10.2 Å². The molecular formula is C30H29N7O9S. The standard InChI is InChI=1S/C17H13N3O6.C13H16N4O3S/c1-10-7-11(16(21)25-2)8-15-14(10)9-18-19(15)17(22)26-13-5-3-12(4-6-13)20(23)24;1-15-17-20-12-7-5-11(6-8-12)16-21(18,19)13-4-2-3-10(14)9-13/h3-9H,1-2H3;2-9,15-17H,14H2,1H3. The van der Waals surface area contributed by atoms with E-state index in [9.17, 15) is 28.1 Å². The summed E-state index contributed by atoms with van der Waals surface area (Å²) in [6.07, 6.45) is 0.679. The highest BCUT2D eigenvalue weighted by Gasteiger charge is 2.18. The molecule has 0 atom stereocenters. The molecule has 5 rings (SSSR count). The number of benzene rings is 4. The Labute approximate surface area is 268 Å². The zero-order valence-corrected chi connectivity index (χ0v) is 26.0. The van der Waals surface area contributed by atoms with E-state index in [4.69, 9.17) is 20.0 Å². The van der Waals surface area contributed by atoms with Crippen LogP contribution in [0.1, 0.15) is 15.9 Å². The second-order valence-corrected chi connectivity index (χ2v) is 11.2. The lowest BCUT2D eigenvalue weighted by Gasteiger charge is -2.10. The predicted molar refractivity (Wildman–Crippen MR) is 171 cm³/mol. The quantitative estimate of drug-likeness (QED) is 0.0754. The van der Waals surface area contributed by atoms with E-state index in [1.54, 1.807) is 56.4 Å². The van der Waals surface area contributed by atoms with Gasteiger partial charge in [0.25, 0.3) is 15.7 Å². The van der Waals surface area contributed by atoms with Gasteiger partial charge in [0.05, 0.1) is 34.2 Å². The normalized spacial score (nSPS) is 10.8. The van der Waals surface area contributed by atoms with Gasteiger partial charge in [-0.2, -0.15) is 9.78 Å². The van der Waals surface area contributed by atoms with Crippen LogP contribution in [0.5, 0.6) is 11.5 Å². The number of nitrogens with zero attached hydrogens (tertiary/aromatic N) is 3. The number of nitrogen functional groups attached to an aromatic ring is 1. The number of nitrogens with two attached hydrogens (primary N) is 1. The Morgan fingerprint density at radius 3 is 2.28 bits per heavy atom. The number of methoxy groups -OCH3 is 1. The number of fused-ring (bicyclic) bond motifs is 1. The summed E-state index contributed by atoms with van der Waals surface area (Å²) in [4.78, 5) is 39.5. The maximum Gasteiger partial charge on any atom is 0.440 e. The van der Waals surface area contributed by atoms with E-state index in [0.29, 0.717) is 28.0 Å². The summed E-state index contributed by atoms with van der Waals surface area (Å²) in [6.45, 7) is 1.78. The predicted octanol–water partition coefficient (Wildman–Crippen LogP) is 4.17. The molecule has 1 aromatic heterocycles. The zero-order chi connectivity index (χ0) is 34.1. The summed E-state index contributed by atoms with van der Waals surface area (Å²) in [7, 11) is -0.738. The summed E-state index contributed by atoms with van der Waals surface area (Å²) in [5.74, 6) is 0.132. The maximum absolute atomic E-state index is 12.4. The van der Waals surface area contributed by atoms with E-state index >= 15 is 0 Å². The van der Waals surface area contributed by atoms with E-state index in [2.05, 4.69) is 20.8 Å². The molecule has 0 spiro atoms. The van der Waals surface area contributed by atoms with E-state index in [1.165, 1.54) is 55.8 Å². The molecule has 5 N–H and O–H groups in total. The first-order valence-electron chi connectivity index (χ1n) is 13.5. The summed E-state index contributed by atoms with van der Waals surface area (Å²) in [5.41, 5.74) is 12.8. The van der Waals surface area contributed by atoms with Crippen molar-refractivity contribution in [1.82, 2.24) is 20.8 Å². The van der Waals surface area contributed by atoms with Crippen LogP contribution in [0.4, 0.5) is 21.9 Å². The molecule has 0 amide bonds. The number of rotatable bonds is 9. The van der Waals surface area contributed by atoms with E-state index in [-0.39, 0.29) is 21.9 Å². The molecule has 0 saturated heterocycles. The Bertz CT molecular complexity index is 2010. The van der Waals surface area contributed by atoms with Crippen molar-refractivity contribution in [2.24, 2.45) is 0 Å². The molecule has 0 aliphatic rings. The van der Waals surface area contributed by atoms with Crippen molar-refractivity contribution in [3.63, 3.8) is 0 Å². The van der Waals surface area contributed by atoms with Crippen LogP contribution >= 0.6 is 0 Å². The van der Waals surface area contributed by atoms with Gasteiger partial charge in [0.2, 0.25) is 0 Å². The summed E-state index contributed by atoms with van der Waals surface area (Å²) < 4.78 is 37.8. The van der Waals surface area contributed by atoms with Gasteiger partial charge in [-0.25, -0.2) is 23.4 Å². The van der Waals surface area contributed by atoms with Crippen LogP contribution in [0, 0.1) is 17.0 Å². The third kappa shape index (κ3) is 8.57. The molecule has 0 unspecified atom stereocenters. The lowest BCUT2D eigenvalue weighted by atomic mass is 10.1. The first kappa shape index (κ1) is 33.8. The number of nitrogens with one attached hydrogen (secondary N) is 3. The van der Waals surface area contributed by atoms with Crippen LogP contribution in [0.15, 0.2) is 96.0 Å². The largest absolute Gasteiger partial charge is 0.465 e. The molecule has 244 valence electrons. The van der Waals surface area contributed by atoms with Crippen LogP contribution in [-0.4, -0.2) is 49.3 Å². The Hall–Kier alpha value is -6.04. The minimum atomic E-state index is -3.66. The SMILES string of the molecule is CNNOc1ccc(NS(=O)(=O)c2cccc(N)c2)cc1.COC(=O)c1cc(C)c2cnn(C(=O)Oc3ccc([N+](=O)[O-])cc3)c2c1. The van der Waals surface area contributed by atoms with Crippen LogP contribution in [0.25, 0.3) is 10.9 Å². The number of non-ortho nitro benzene ring substituents is 1. The number of hydrogen-bond acceptors (Lipinski definition) is 13. The lowest BCUT2D eigenvalue weighted by molar-refractivity contribution is -0.384. The average molecular weight is 664 g/mol. The van der Waals surface area contributed by atoms with Gasteiger partial charge in [-0.05, 0) is 79.2 Å². The third-order valence-electron chi connectivity index (χ3n) is 6.29. The van der Waals surface area contributed by atoms with Crippen molar-refractivity contribution in [2.45, 2.75) is 11.8 Å². The van der Waals surface area contributed by atoms with Crippen molar-refractivity contribution < 1.29 is 37.2 Å². The van der Waals surface area contributed by atoms with Crippen molar-refractivity contribution in [3.8, 4) is 11.5 Å². The number of nitro groups is 1. The number of carbonyl (C=O) groups excluding carboxylic acids is 2. The van der Waals surface area contributed by atoms with Crippen molar-refractivity contribution in [2.75, 3.05) is 24.6 Å². The number of carbonyl (C=O) groups is 2. The highest BCUT2D eigenvalue weighted by atomic mass is 32.2. The monoisotopic (exact) mass is 663 g/mol. The van der Waals surface area contributed by atoms with Gasteiger partial charge in [0, 0.05) is 35.9 Å². The minimum Gasteiger partial charge on any atom is -0.465 e. The highest BCUT2D eigenvalue weighted by molar-refractivity contribution is 7.92. The molecule has 0 aliphatic heterocycles. The molecule has 0 radical (unpaired) electrons. The van der Waals surface area contributed by atoms with Crippen LogP contribution in [0.2, 0.25) is 0 Å². The lowest BCUT2D eigenvalue weighted by Crippen LogP contribution is -2.30. The zero-order valence-electron chi connectivity index (χ0n) is 25.2.